The molecule has 0 atom stereocenters. The Balaban J connectivity index is 1.37. The van der Waals surface area contributed by atoms with Crippen LogP contribution in [0.25, 0.3) is 22.7 Å². The van der Waals surface area contributed by atoms with Crippen molar-refractivity contribution >= 4 is 27.5 Å². The molecule has 47 heavy (non-hydrogen) atoms. The highest BCUT2D eigenvalue weighted by Crippen LogP contribution is 2.42. The molecule has 3 heterocycles. The molecule has 13 nitrogen and oxygen atoms in total. The quantitative estimate of drug-likeness (QED) is 0.182. The average molecular weight is 667 g/mol. The molecule has 0 radical (unpaired) electrons. The number of likely N-dealkylation sites (tertiary alicyclic amines) is 1. The largest absolute Gasteiger partial charge is 0.497 e. The number of hydrogen-bond donors (Lipinski definition) is 2. The Labute approximate surface area is 275 Å². The molecule has 252 valence electrons. The van der Waals surface area contributed by atoms with Gasteiger partial charge in [0.15, 0.2) is 17.3 Å². The van der Waals surface area contributed by atoms with E-state index >= 15 is 0 Å². The Kier molecular flexibility index (Phi) is 10.7. The van der Waals surface area contributed by atoms with Gasteiger partial charge in [0.05, 0.1) is 27.1 Å². The number of oxazole rings is 1. The van der Waals surface area contributed by atoms with Crippen molar-refractivity contribution in [3.05, 3.63) is 48.2 Å². The summed E-state index contributed by atoms with van der Waals surface area (Å²) in [4.78, 5) is 16.1. The van der Waals surface area contributed by atoms with Crippen molar-refractivity contribution in [3.8, 4) is 45.7 Å². The van der Waals surface area contributed by atoms with E-state index in [1.54, 1.807) is 45.7 Å². The second-order valence-electron chi connectivity index (χ2n) is 11.4. The summed E-state index contributed by atoms with van der Waals surface area (Å²) in [5.74, 6) is 3.17. The number of rotatable bonds is 14. The van der Waals surface area contributed by atoms with Gasteiger partial charge in [-0.3, -0.25) is 0 Å². The monoisotopic (exact) mass is 666 g/mol. The second kappa shape index (κ2) is 14.9. The van der Waals surface area contributed by atoms with Gasteiger partial charge in [-0.25, -0.2) is 18.4 Å². The van der Waals surface area contributed by atoms with Crippen LogP contribution in [0.3, 0.4) is 0 Å². The number of sulfone groups is 1. The Morgan fingerprint density at radius 1 is 1.00 bits per heavy atom. The van der Waals surface area contributed by atoms with Crippen molar-refractivity contribution in [2.75, 3.05) is 70.2 Å². The van der Waals surface area contributed by atoms with Crippen LogP contribution in [0.5, 0.6) is 23.0 Å². The van der Waals surface area contributed by atoms with Gasteiger partial charge in [-0.1, -0.05) is 0 Å². The van der Waals surface area contributed by atoms with Crippen molar-refractivity contribution in [2.45, 2.75) is 32.8 Å². The van der Waals surface area contributed by atoms with E-state index in [2.05, 4.69) is 20.5 Å². The van der Waals surface area contributed by atoms with Crippen LogP contribution in [-0.4, -0.2) is 93.9 Å². The highest BCUT2D eigenvalue weighted by atomic mass is 32.2. The second-order valence-corrected chi connectivity index (χ2v) is 13.6. The molecule has 2 N–H and O–H groups in total. The van der Waals surface area contributed by atoms with Crippen LogP contribution in [-0.2, 0) is 9.84 Å². The van der Waals surface area contributed by atoms with E-state index in [9.17, 15) is 8.42 Å². The Bertz CT molecular complexity index is 1760. The van der Waals surface area contributed by atoms with Gasteiger partial charge in [-0.05, 0) is 56.5 Å². The van der Waals surface area contributed by atoms with Crippen LogP contribution in [0.15, 0.2) is 47.0 Å². The minimum absolute atomic E-state index is 0.0670. The molecule has 1 saturated heterocycles. The summed E-state index contributed by atoms with van der Waals surface area (Å²) in [5, 5.41) is 6.40. The predicted molar refractivity (Wildman–Crippen MR) is 181 cm³/mol. The maximum atomic E-state index is 11.6. The van der Waals surface area contributed by atoms with E-state index in [-0.39, 0.29) is 11.9 Å². The number of aromatic nitrogens is 3. The molecule has 14 heteroatoms. The zero-order valence-corrected chi connectivity index (χ0v) is 28.4. The number of piperidine rings is 1. The average Bonchev–Trinajstić information content (AvgIpc) is 3.48. The molecule has 0 unspecified atom stereocenters. The SMILES string of the molecule is CCNc1nc(-c2cc(C)cc(OC)c2)c(-c2ccnc(Nc3cc(OC)c(OC4CCN(CCS(C)(=O)=O)CC4)c(OC)c3)n2)o1. The van der Waals surface area contributed by atoms with Crippen LogP contribution in [0, 0.1) is 6.92 Å². The van der Waals surface area contributed by atoms with Gasteiger partial charge < -0.3 is 38.9 Å². The summed E-state index contributed by atoms with van der Waals surface area (Å²) >= 11 is 0. The van der Waals surface area contributed by atoms with Crippen molar-refractivity contribution in [2.24, 2.45) is 0 Å². The van der Waals surface area contributed by atoms with Crippen LogP contribution < -0.4 is 29.6 Å². The smallest absolute Gasteiger partial charge is 0.295 e. The first kappa shape index (κ1) is 33.8. The van der Waals surface area contributed by atoms with Gasteiger partial charge in [0, 0.05) is 62.0 Å². The molecule has 1 aliphatic rings. The van der Waals surface area contributed by atoms with E-state index in [0.717, 1.165) is 42.8 Å². The Morgan fingerprint density at radius 2 is 1.72 bits per heavy atom. The first-order chi connectivity index (χ1) is 22.6. The molecular formula is C33H42N6O7S. The Hall–Kier alpha value is -4.56. The van der Waals surface area contributed by atoms with Crippen LogP contribution >= 0.6 is 0 Å². The number of ether oxygens (including phenoxy) is 4. The number of benzene rings is 2. The maximum Gasteiger partial charge on any atom is 0.295 e. The summed E-state index contributed by atoms with van der Waals surface area (Å²) in [7, 11) is 1.78. The first-order valence-corrected chi connectivity index (χ1v) is 17.5. The van der Waals surface area contributed by atoms with E-state index in [1.807, 2.05) is 32.0 Å². The molecule has 0 spiro atoms. The summed E-state index contributed by atoms with van der Waals surface area (Å²) < 4.78 is 52.6. The van der Waals surface area contributed by atoms with E-state index in [0.29, 0.717) is 65.1 Å². The van der Waals surface area contributed by atoms with Crippen molar-refractivity contribution in [1.29, 1.82) is 0 Å². The van der Waals surface area contributed by atoms with Crippen molar-refractivity contribution < 1.29 is 31.8 Å². The number of nitrogens with one attached hydrogen (secondary N) is 2. The molecule has 0 bridgehead atoms. The lowest BCUT2D eigenvalue weighted by molar-refractivity contribution is 0.0984. The lowest BCUT2D eigenvalue weighted by atomic mass is 10.1. The number of nitrogens with zero attached hydrogens (tertiary/aromatic N) is 4. The lowest BCUT2D eigenvalue weighted by Crippen LogP contribution is -2.40. The summed E-state index contributed by atoms with van der Waals surface area (Å²) in [6.45, 7) is 6.63. The van der Waals surface area contributed by atoms with Crippen LogP contribution in [0.1, 0.15) is 25.3 Å². The van der Waals surface area contributed by atoms with Gasteiger partial charge in [-0.15, -0.1) is 0 Å². The van der Waals surface area contributed by atoms with E-state index in [4.69, 9.17) is 33.3 Å². The molecule has 2 aromatic heterocycles. The fraction of sp³-hybridized carbons (Fsp3) is 0.424. The summed E-state index contributed by atoms with van der Waals surface area (Å²) in [5.41, 5.74) is 3.65. The van der Waals surface area contributed by atoms with Crippen molar-refractivity contribution in [1.82, 2.24) is 19.9 Å². The lowest BCUT2D eigenvalue weighted by Gasteiger charge is -2.32. The molecule has 4 aromatic rings. The molecule has 5 rings (SSSR count). The third kappa shape index (κ3) is 8.63. The fourth-order valence-corrected chi connectivity index (χ4v) is 5.96. The minimum Gasteiger partial charge on any atom is -0.497 e. The normalized spacial score (nSPS) is 14.1. The molecule has 2 aromatic carbocycles. The van der Waals surface area contributed by atoms with E-state index in [1.165, 1.54) is 6.26 Å². The Morgan fingerprint density at radius 3 is 2.36 bits per heavy atom. The first-order valence-electron chi connectivity index (χ1n) is 15.4. The minimum atomic E-state index is -3.00. The molecule has 1 fully saturated rings. The molecule has 0 aliphatic carbocycles. The third-order valence-electron chi connectivity index (χ3n) is 7.72. The highest BCUT2D eigenvalue weighted by Gasteiger charge is 2.25. The zero-order chi connectivity index (χ0) is 33.6. The fourth-order valence-electron chi connectivity index (χ4n) is 5.37. The zero-order valence-electron chi connectivity index (χ0n) is 27.6. The molecular weight excluding hydrogens is 624 g/mol. The standard InChI is InChI=1S/C33H42N6O7S/c1-7-34-33-38-29(22-16-21(2)17-25(18-22)42-3)30(46-33)26-8-11-35-32(37-26)36-23-19-27(43-4)31(28(20-23)44-5)45-24-9-12-39(13-10-24)14-15-47(6,40)41/h8,11,16-20,24H,7,9-10,12-15H2,1-6H3,(H,34,38)(H,35,36,37). The number of anilines is 3. The summed E-state index contributed by atoms with van der Waals surface area (Å²) in [6.07, 6.45) is 4.36. The topological polar surface area (TPSA) is 150 Å². The molecule has 0 saturated carbocycles. The summed E-state index contributed by atoms with van der Waals surface area (Å²) in [6, 6.07) is 11.6. The highest BCUT2D eigenvalue weighted by molar-refractivity contribution is 7.90. The van der Waals surface area contributed by atoms with Crippen molar-refractivity contribution in [3.63, 3.8) is 0 Å². The third-order valence-corrected chi connectivity index (χ3v) is 8.64. The molecule has 1 aliphatic heterocycles. The van der Waals surface area contributed by atoms with Crippen LogP contribution in [0.2, 0.25) is 0 Å². The maximum absolute atomic E-state index is 11.6. The van der Waals surface area contributed by atoms with E-state index < -0.39 is 9.84 Å². The number of methoxy groups -OCH3 is 3. The van der Waals surface area contributed by atoms with Gasteiger partial charge in [0.2, 0.25) is 11.7 Å². The van der Waals surface area contributed by atoms with Gasteiger partial charge in [0.1, 0.15) is 33.1 Å². The number of hydrogen-bond acceptors (Lipinski definition) is 13. The predicted octanol–water partition coefficient (Wildman–Crippen LogP) is 5.20. The van der Waals surface area contributed by atoms with Gasteiger partial charge in [-0.2, -0.15) is 4.98 Å². The number of aryl methyl sites for hydroxylation is 1. The van der Waals surface area contributed by atoms with Gasteiger partial charge in [0.25, 0.3) is 6.01 Å². The van der Waals surface area contributed by atoms with Gasteiger partial charge >= 0.3 is 0 Å². The molecule has 0 amide bonds. The van der Waals surface area contributed by atoms with Crippen LogP contribution in [0.4, 0.5) is 17.7 Å².